The van der Waals surface area contributed by atoms with Crippen molar-refractivity contribution in [3.63, 3.8) is 0 Å². The van der Waals surface area contributed by atoms with Crippen LogP contribution in [0.3, 0.4) is 0 Å². The Bertz CT molecular complexity index is 420. The SMILES string of the molecule is CN=C(NCCOCCC(C)C)NC1C2CCOC2C12CCC2. The summed E-state index contributed by atoms with van der Waals surface area (Å²) in [4.78, 5) is 4.39. The molecular formula is C18H33N3O2. The zero-order valence-electron chi connectivity index (χ0n) is 14.9. The second-order valence-corrected chi connectivity index (χ2v) is 7.75. The van der Waals surface area contributed by atoms with Crippen molar-refractivity contribution in [2.45, 2.75) is 58.1 Å². The number of fused-ring (bicyclic) bond motifs is 2. The Morgan fingerprint density at radius 2 is 2.17 bits per heavy atom. The van der Waals surface area contributed by atoms with E-state index < -0.39 is 0 Å². The highest BCUT2D eigenvalue weighted by atomic mass is 16.5. The molecule has 1 spiro atoms. The third-order valence-electron chi connectivity index (χ3n) is 5.93. The van der Waals surface area contributed by atoms with Crippen LogP contribution in [0.2, 0.25) is 0 Å². The third-order valence-corrected chi connectivity index (χ3v) is 5.93. The molecule has 3 atom stereocenters. The first-order chi connectivity index (χ1) is 11.2. The highest BCUT2D eigenvalue weighted by Crippen LogP contribution is 2.62. The van der Waals surface area contributed by atoms with Crippen LogP contribution in [0.1, 0.15) is 46.0 Å². The van der Waals surface area contributed by atoms with Crippen molar-refractivity contribution < 1.29 is 9.47 Å². The fourth-order valence-corrected chi connectivity index (χ4v) is 4.46. The number of rotatable bonds is 7. The first kappa shape index (κ1) is 17.0. The lowest BCUT2D eigenvalue weighted by atomic mass is 9.46. The van der Waals surface area contributed by atoms with Gasteiger partial charge in [0, 0.05) is 44.2 Å². The molecule has 1 heterocycles. The van der Waals surface area contributed by atoms with Gasteiger partial charge in [-0.15, -0.1) is 0 Å². The minimum atomic E-state index is 0.395. The second-order valence-electron chi connectivity index (χ2n) is 7.75. The Labute approximate surface area is 140 Å². The highest BCUT2D eigenvalue weighted by molar-refractivity contribution is 5.80. The topological polar surface area (TPSA) is 54.9 Å². The van der Waals surface area contributed by atoms with Crippen molar-refractivity contribution in [1.82, 2.24) is 10.6 Å². The van der Waals surface area contributed by atoms with Gasteiger partial charge in [-0.25, -0.2) is 0 Å². The summed E-state index contributed by atoms with van der Waals surface area (Å²) in [6.45, 7) is 7.77. The standard InChI is InChI=1S/C18H33N3O2/c1-13(2)5-10-22-12-9-20-17(19-3)21-15-14-6-11-23-16(14)18(15)7-4-8-18/h13-16H,4-12H2,1-3H3,(H2,19,20,21). The van der Waals surface area contributed by atoms with E-state index in [9.17, 15) is 0 Å². The smallest absolute Gasteiger partial charge is 0.191 e. The van der Waals surface area contributed by atoms with Gasteiger partial charge < -0.3 is 20.1 Å². The summed E-state index contributed by atoms with van der Waals surface area (Å²) >= 11 is 0. The predicted molar refractivity (Wildman–Crippen MR) is 92.7 cm³/mol. The highest BCUT2D eigenvalue weighted by Gasteiger charge is 2.66. The summed E-state index contributed by atoms with van der Waals surface area (Å²) in [5.74, 6) is 2.30. The minimum Gasteiger partial charge on any atom is -0.380 e. The molecule has 5 heteroatoms. The molecule has 2 aliphatic carbocycles. The molecule has 0 radical (unpaired) electrons. The summed E-state index contributed by atoms with van der Waals surface area (Å²) in [6.07, 6.45) is 6.79. The zero-order chi connectivity index (χ0) is 16.3. The largest absolute Gasteiger partial charge is 0.380 e. The molecule has 0 amide bonds. The molecule has 3 aliphatic rings. The maximum atomic E-state index is 5.98. The molecule has 0 aromatic rings. The summed E-state index contributed by atoms with van der Waals surface area (Å²) in [5, 5.41) is 7.08. The molecule has 2 saturated carbocycles. The summed E-state index contributed by atoms with van der Waals surface area (Å²) in [7, 11) is 1.85. The summed E-state index contributed by atoms with van der Waals surface area (Å²) < 4.78 is 11.6. The lowest BCUT2D eigenvalue weighted by Crippen LogP contribution is -2.72. The number of hydrogen-bond acceptors (Lipinski definition) is 3. The van der Waals surface area contributed by atoms with Crippen LogP contribution in [0, 0.1) is 17.3 Å². The Morgan fingerprint density at radius 3 is 2.83 bits per heavy atom. The van der Waals surface area contributed by atoms with Crippen LogP contribution < -0.4 is 10.6 Å². The van der Waals surface area contributed by atoms with E-state index in [0.29, 0.717) is 29.4 Å². The van der Waals surface area contributed by atoms with Crippen LogP contribution in [-0.2, 0) is 9.47 Å². The van der Waals surface area contributed by atoms with E-state index in [2.05, 4.69) is 29.5 Å². The van der Waals surface area contributed by atoms with Crippen molar-refractivity contribution in [3.8, 4) is 0 Å². The van der Waals surface area contributed by atoms with E-state index in [4.69, 9.17) is 9.47 Å². The van der Waals surface area contributed by atoms with Crippen molar-refractivity contribution in [2.75, 3.05) is 33.4 Å². The Hall–Kier alpha value is -0.810. The predicted octanol–water partition coefficient (Wildman–Crippen LogP) is 2.17. The van der Waals surface area contributed by atoms with E-state index in [1.165, 1.54) is 25.7 Å². The maximum Gasteiger partial charge on any atom is 0.191 e. The number of guanidine groups is 1. The zero-order valence-corrected chi connectivity index (χ0v) is 14.9. The van der Waals surface area contributed by atoms with Crippen LogP contribution in [0.25, 0.3) is 0 Å². The fourth-order valence-electron chi connectivity index (χ4n) is 4.46. The average molecular weight is 323 g/mol. The second kappa shape index (κ2) is 7.39. The van der Waals surface area contributed by atoms with Crippen LogP contribution in [0.15, 0.2) is 4.99 Å². The first-order valence-corrected chi connectivity index (χ1v) is 9.34. The van der Waals surface area contributed by atoms with Gasteiger partial charge in [-0.3, -0.25) is 4.99 Å². The first-order valence-electron chi connectivity index (χ1n) is 9.34. The van der Waals surface area contributed by atoms with Gasteiger partial charge in [-0.1, -0.05) is 20.3 Å². The van der Waals surface area contributed by atoms with Crippen LogP contribution in [0.5, 0.6) is 0 Å². The van der Waals surface area contributed by atoms with Gasteiger partial charge in [-0.2, -0.15) is 0 Å². The molecule has 1 aliphatic heterocycles. The fraction of sp³-hybridized carbons (Fsp3) is 0.944. The minimum absolute atomic E-state index is 0.395. The molecule has 2 N–H and O–H groups in total. The average Bonchev–Trinajstić information content (AvgIpc) is 2.89. The molecule has 0 bridgehead atoms. The molecule has 3 rings (SSSR count). The molecule has 3 unspecified atom stereocenters. The molecule has 0 aromatic heterocycles. The normalized spacial score (nSPS) is 31.7. The maximum absolute atomic E-state index is 5.98. The number of nitrogens with zero attached hydrogens (tertiary/aromatic N) is 1. The van der Waals surface area contributed by atoms with Gasteiger partial charge in [0.1, 0.15) is 0 Å². The van der Waals surface area contributed by atoms with E-state index in [-0.39, 0.29) is 0 Å². The monoisotopic (exact) mass is 323 g/mol. The van der Waals surface area contributed by atoms with Crippen molar-refractivity contribution in [3.05, 3.63) is 0 Å². The lowest BCUT2D eigenvalue weighted by Gasteiger charge is -2.63. The number of aliphatic imine (C=N–C) groups is 1. The van der Waals surface area contributed by atoms with Crippen molar-refractivity contribution in [1.29, 1.82) is 0 Å². The molecule has 5 nitrogen and oxygen atoms in total. The van der Waals surface area contributed by atoms with Crippen molar-refractivity contribution in [2.24, 2.45) is 22.2 Å². The van der Waals surface area contributed by atoms with E-state index >= 15 is 0 Å². The number of ether oxygens (including phenoxy) is 2. The molecule has 1 saturated heterocycles. The van der Waals surface area contributed by atoms with Crippen LogP contribution >= 0.6 is 0 Å². The van der Waals surface area contributed by atoms with E-state index in [0.717, 1.165) is 38.7 Å². The van der Waals surface area contributed by atoms with Crippen LogP contribution in [0.4, 0.5) is 0 Å². The number of nitrogens with one attached hydrogen (secondary N) is 2. The van der Waals surface area contributed by atoms with Gasteiger partial charge >= 0.3 is 0 Å². The Kier molecular flexibility index (Phi) is 5.47. The van der Waals surface area contributed by atoms with Gasteiger partial charge in [0.15, 0.2) is 5.96 Å². The van der Waals surface area contributed by atoms with Crippen molar-refractivity contribution >= 4 is 5.96 Å². The van der Waals surface area contributed by atoms with Gasteiger partial charge in [0.05, 0.1) is 12.7 Å². The Balaban J connectivity index is 1.40. The molecule has 132 valence electrons. The molecule has 3 fully saturated rings. The molecule has 23 heavy (non-hydrogen) atoms. The molecular weight excluding hydrogens is 290 g/mol. The van der Waals surface area contributed by atoms with Gasteiger partial charge in [0.25, 0.3) is 0 Å². The Morgan fingerprint density at radius 1 is 1.35 bits per heavy atom. The van der Waals surface area contributed by atoms with Gasteiger partial charge in [-0.05, 0) is 31.6 Å². The van der Waals surface area contributed by atoms with Gasteiger partial charge in [0.2, 0.25) is 0 Å². The molecule has 0 aromatic carbocycles. The quantitative estimate of drug-likeness (QED) is 0.428. The third kappa shape index (κ3) is 3.36. The lowest BCUT2D eigenvalue weighted by molar-refractivity contribution is -0.171. The van der Waals surface area contributed by atoms with E-state index in [1.54, 1.807) is 0 Å². The number of hydrogen-bond donors (Lipinski definition) is 2. The van der Waals surface area contributed by atoms with Crippen LogP contribution in [-0.4, -0.2) is 51.5 Å². The summed E-state index contributed by atoms with van der Waals surface area (Å²) in [6, 6.07) is 0.539. The summed E-state index contributed by atoms with van der Waals surface area (Å²) in [5.41, 5.74) is 0.395. The van der Waals surface area contributed by atoms with E-state index in [1.807, 2.05) is 7.05 Å².